The van der Waals surface area contributed by atoms with E-state index in [1.165, 1.54) is 19.4 Å². The molecule has 2 aromatic rings. The average Bonchev–Trinajstić information content (AvgIpc) is 2.39. The lowest BCUT2D eigenvalue weighted by atomic mass is 10.1. The van der Waals surface area contributed by atoms with Gasteiger partial charge in [0.05, 0.1) is 28.3 Å². The van der Waals surface area contributed by atoms with E-state index in [0.717, 1.165) is 0 Å². The molecule has 6 heteroatoms. The number of rotatable bonds is 2. The summed E-state index contributed by atoms with van der Waals surface area (Å²) in [4.78, 5) is 25.8. The predicted octanol–water partition coefficient (Wildman–Crippen LogP) is 3.14. The Hall–Kier alpha value is -1.78. The van der Waals surface area contributed by atoms with Crippen molar-refractivity contribution in [2.45, 2.75) is 0 Å². The van der Waals surface area contributed by atoms with Crippen LogP contribution in [0.2, 0.25) is 10.0 Å². The normalized spacial score (nSPS) is 10.3. The number of benzene rings is 1. The SMILES string of the molecule is COC(=O)c1c[nH]c(=O)c(-c2c(Cl)cccc2Cl)c1. The van der Waals surface area contributed by atoms with Gasteiger partial charge in [0.25, 0.3) is 5.56 Å². The molecular weight excluding hydrogens is 289 g/mol. The van der Waals surface area contributed by atoms with Crippen LogP contribution in [-0.2, 0) is 4.74 Å². The summed E-state index contributed by atoms with van der Waals surface area (Å²) in [5, 5.41) is 0.667. The topological polar surface area (TPSA) is 59.2 Å². The van der Waals surface area contributed by atoms with Crippen LogP contribution in [0.25, 0.3) is 11.1 Å². The van der Waals surface area contributed by atoms with Crippen LogP contribution in [0.15, 0.2) is 35.3 Å². The Morgan fingerprint density at radius 2 is 1.89 bits per heavy atom. The second-order valence-corrected chi connectivity index (χ2v) is 4.53. The number of methoxy groups -OCH3 is 1. The molecule has 4 nitrogen and oxygen atoms in total. The van der Waals surface area contributed by atoms with Crippen LogP contribution in [0.5, 0.6) is 0 Å². The molecule has 0 atom stereocenters. The van der Waals surface area contributed by atoms with Gasteiger partial charge in [0, 0.05) is 11.8 Å². The molecule has 1 N–H and O–H groups in total. The van der Waals surface area contributed by atoms with Gasteiger partial charge in [0.2, 0.25) is 0 Å². The quantitative estimate of drug-likeness (QED) is 0.866. The number of nitrogens with one attached hydrogen (secondary N) is 1. The zero-order chi connectivity index (χ0) is 14.0. The van der Waals surface area contributed by atoms with Gasteiger partial charge in [-0.05, 0) is 18.2 Å². The van der Waals surface area contributed by atoms with Gasteiger partial charge >= 0.3 is 5.97 Å². The van der Waals surface area contributed by atoms with Crippen molar-refractivity contribution in [3.8, 4) is 11.1 Å². The number of pyridine rings is 1. The Balaban J connectivity index is 2.68. The highest BCUT2D eigenvalue weighted by Gasteiger charge is 2.15. The minimum atomic E-state index is -0.555. The molecule has 0 aliphatic carbocycles. The molecule has 1 aromatic heterocycles. The fourth-order valence-corrected chi connectivity index (χ4v) is 2.26. The molecule has 19 heavy (non-hydrogen) atoms. The van der Waals surface area contributed by atoms with Gasteiger partial charge in [-0.2, -0.15) is 0 Å². The summed E-state index contributed by atoms with van der Waals surface area (Å²) in [6.07, 6.45) is 1.28. The van der Waals surface area contributed by atoms with E-state index < -0.39 is 5.97 Å². The van der Waals surface area contributed by atoms with E-state index in [1.807, 2.05) is 0 Å². The minimum absolute atomic E-state index is 0.216. The number of halogens is 2. The van der Waals surface area contributed by atoms with E-state index in [4.69, 9.17) is 23.2 Å². The highest BCUT2D eigenvalue weighted by atomic mass is 35.5. The standard InChI is InChI=1S/C13H9Cl2NO3/c1-19-13(18)7-5-8(12(17)16-6-7)11-9(14)3-2-4-10(11)15/h2-6H,1H3,(H,16,17). The first-order valence-corrected chi connectivity index (χ1v) is 6.05. The number of carbonyl (C=O) groups excluding carboxylic acids is 1. The van der Waals surface area contributed by atoms with E-state index in [2.05, 4.69) is 9.72 Å². The largest absolute Gasteiger partial charge is 0.465 e. The first-order chi connectivity index (χ1) is 9.04. The maximum absolute atomic E-state index is 11.9. The molecule has 0 aliphatic heterocycles. The van der Waals surface area contributed by atoms with Crippen molar-refractivity contribution in [3.05, 3.63) is 56.4 Å². The lowest BCUT2D eigenvalue weighted by Gasteiger charge is -2.07. The number of aromatic nitrogens is 1. The number of esters is 1. The summed E-state index contributed by atoms with van der Waals surface area (Å²) in [5.74, 6) is -0.555. The predicted molar refractivity (Wildman–Crippen MR) is 73.9 cm³/mol. The monoisotopic (exact) mass is 297 g/mol. The molecule has 0 bridgehead atoms. The van der Waals surface area contributed by atoms with Gasteiger partial charge in [0.1, 0.15) is 0 Å². The lowest BCUT2D eigenvalue weighted by molar-refractivity contribution is 0.0600. The zero-order valence-corrected chi connectivity index (χ0v) is 11.4. The zero-order valence-electron chi connectivity index (χ0n) is 9.87. The number of carbonyl (C=O) groups is 1. The Morgan fingerprint density at radius 1 is 1.26 bits per heavy atom. The summed E-state index contributed by atoms with van der Waals surface area (Å²) >= 11 is 12.1. The maximum Gasteiger partial charge on any atom is 0.339 e. The third-order valence-electron chi connectivity index (χ3n) is 2.56. The summed E-state index contributed by atoms with van der Waals surface area (Å²) < 4.78 is 4.60. The molecule has 0 aliphatic rings. The Kier molecular flexibility index (Phi) is 3.93. The van der Waals surface area contributed by atoms with Gasteiger partial charge in [-0.3, -0.25) is 4.79 Å². The molecule has 0 saturated carbocycles. The number of hydrogen-bond acceptors (Lipinski definition) is 3. The van der Waals surface area contributed by atoms with Crippen molar-refractivity contribution in [1.29, 1.82) is 0 Å². The number of H-pyrrole nitrogens is 1. The Bertz CT molecular complexity index is 674. The third kappa shape index (κ3) is 2.64. The highest BCUT2D eigenvalue weighted by molar-refractivity contribution is 6.39. The molecule has 0 spiro atoms. The van der Waals surface area contributed by atoms with Crippen molar-refractivity contribution in [1.82, 2.24) is 4.98 Å². The van der Waals surface area contributed by atoms with Gasteiger partial charge in [-0.25, -0.2) is 4.79 Å². The van der Waals surface area contributed by atoms with Crippen molar-refractivity contribution in [3.63, 3.8) is 0 Å². The van der Waals surface area contributed by atoms with Crippen LogP contribution in [0, 0.1) is 0 Å². The fraction of sp³-hybridized carbons (Fsp3) is 0.0769. The molecule has 0 radical (unpaired) electrons. The smallest absolute Gasteiger partial charge is 0.339 e. The second-order valence-electron chi connectivity index (χ2n) is 3.72. The number of aromatic amines is 1. The van der Waals surface area contributed by atoms with E-state index in [0.29, 0.717) is 15.6 Å². The van der Waals surface area contributed by atoms with E-state index in [-0.39, 0.29) is 16.7 Å². The summed E-state index contributed by atoms with van der Waals surface area (Å²) in [6.45, 7) is 0. The van der Waals surface area contributed by atoms with Gasteiger partial charge < -0.3 is 9.72 Å². The van der Waals surface area contributed by atoms with Crippen molar-refractivity contribution in [2.24, 2.45) is 0 Å². The lowest BCUT2D eigenvalue weighted by Crippen LogP contribution is -2.12. The molecule has 1 heterocycles. The second kappa shape index (κ2) is 5.47. The van der Waals surface area contributed by atoms with Crippen molar-refractivity contribution in [2.75, 3.05) is 7.11 Å². The van der Waals surface area contributed by atoms with Crippen molar-refractivity contribution < 1.29 is 9.53 Å². The summed E-state index contributed by atoms with van der Waals surface area (Å²) in [6, 6.07) is 6.31. The average molecular weight is 298 g/mol. The summed E-state index contributed by atoms with van der Waals surface area (Å²) in [5.41, 5.74) is 0.437. The van der Waals surface area contributed by atoms with E-state index in [9.17, 15) is 9.59 Å². The van der Waals surface area contributed by atoms with Crippen LogP contribution in [0.3, 0.4) is 0 Å². The molecule has 0 unspecified atom stereocenters. The first kappa shape index (κ1) is 13.6. The molecule has 2 rings (SSSR count). The molecular formula is C13H9Cl2NO3. The van der Waals surface area contributed by atoms with Gasteiger partial charge in [0.15, 0.2) is 0 Å². The fourth-order valence-electron chi connectivity index (χ4n) is 1.66. The Labute approximate surface area is 118 Å². The minimum Gasteiger partial charge on any atom is -0.465 e. The van der Waals surface area contributed by atoms with Gasteiger partial charge in [-0.1, -0.05) is 29.3 Å². The maximum atomic E-state index is 11.9. The molecule has 1 aromatic carbocycles. The van der Waals surface area contributed by atoms with Crippen LogP contribution in [-0.4, -0.2) is 18.1 Å². The summed E-state index contributed by atoms with van der Waals surface area (Å²) in [7, 11) is 1.26. The molecule has 98 valence electrons. The van der Waals surface area contributed by atoms with Crippen LogP contribution in [0.1, 0.15) is 10.4 Å². The molecule has 0 fully saturated rings. The van der Waals surface area contributed by atoms with Crippen LogP contribution in [0.4, 0.5) is 0 Å². The van der Waals surface area contributed by atoms with E-state index in [1.54, 1.807) is 18.2 Å². The highest BCUT2D eigenvalue weighted by Crippen LogP contribution is 2.32. The van der Waals surface area contributed by atoms with Crippen LogP contribution >= 0.6 is 23.2 Å². The van der Waals surface area contributed by atoms with Crippen LogP contribution < -0.4 is 5.56 Å². The Morgan fingerprint density at radius 3 is 2.47 bits per heavy atom. The molecule has 0 amide bonds. The number of ether oxygens (including phenoxy) is 1. The molecule has 0 saturated heterocycles. The van der Waals surface area contributed by atoms with Gasteiger partial charge in [-0.15, -0.1) is 0 Å². The van der Waals surface area contributed by atoms with Crippen molar-refractivity contribution >= 4 is 29.2 Å². The third-order valence-corrected chi connectivity index (χ3v) is 3.19. The first-order valence-electron chi connectivity index (χ1n) is 5.30. The number of hydrogen-bond donors (Lipinski definition) is 1. The van der Waals surface area contributed by atoms with E-state index >= 15 is 0 Å².